The summed E-state index contributed by atoms with van der Waals surface area (Å²) >= 11 is 0. The zero-order chi connectivity index (χ0) is 16.3. The highest BCUT2D eigenvalue weighted by molar-refractivity contribution is 7.89. The van der Waals surface area contributed by atoms with Crippen LogP contribution in [0.25, 0.3) is 0 Å². The predicted octanol–water partition coefficient (Wildman–Crippen LogP) is 1.60. The second-order valence-corrected chi connectivity index (χ2v) is 6.48. The van der Waals surface area contributed by atoms with Gasteiger partial charge in [-0.25, -0.2) is 18.6 Å². The van der Waals surface area contributed by atoms with Crippen molar-refractivity contribution in [1.82, 2.24) is 10.3 Å². The highest BCUT2D eigenvalue weighted by atomic mass is 32.2. The molecule has 0 fully saturated rings. The lowest BCUT2D eigenvalue weighted by molar-refractivity contribution is 0.198. The molecule has 0 aliphatic carbocycles. The number of hydrogen-bond acceptors (Lipinski definition) is 5. The molecule has 8 heteroatoms. The van der Waals surface area contributed by atoms with Crippen molar-refractivity contribution in [3.8, 4) is 11.5 Å². The predicted molar refractivity (Wildman–Crippen MR) is 81.6 cm³/mol. The van der Waals surface area contributed by atoms with Gasteiger partial charge in [0.1, 0.15) is 11.5 Å². The number of rotatable bonds is 4. The number of benzene rings is 2. The summed E-state index contributed by atoms with van der Waals surface area (Å²) in [6, 6.07) is 12.7. The third-order valence-corrected chi connectivity index (χ3v) is 4.48. The Bertz CT molecular complexity index is 821. The number of carbonyl (C=O) groups excluding carboxylic acids is 1. The second kappa shape index (κ2) is 6.27. The molecule has 0 atom stereocenters. The monoisotopic (exact) mass is 334 g/mol. The highest BCUT2D eigenvalue weighted by Gasteiger charge is 2.17. The minimum atomic E-state index is -3.84. The molecule has 1 heterocycles. The summed E-state index contributed by atoms with van der Waals surface area (Å²) in [7, 11) is -3.84. The van der Waals surface area contributed by atoms with E-state index in [-0.39, 0.29) is 4.90 Å². The van der Waals surface area contributed by atoms with E-state index < -0.39 is 16.1 Å². The summed E-state index contributed by atoms with van der Waals surface area (Å²) in [5.74, 6) is 1.08. The van der Waals surface area contributed by atoms with Crippen LogP contribution in [0.2, 0.25) is 0 Å². The normalized spacial score (nSPS) is 13.0. The highest BCUT2D eigenvalue weighted by Crippen LogP contribution is 2.28. The van der Waals surface area contributed by atoms with E-state index in [0.29, 0.717) is 12.4 Å². The van der Waals surface area contributed by atoms with Crippen molar-refractivity contribution < 1.29 is 22.7 Å². The zero-order valence-electron chi connectivity index (χ0n) is 12.0. The van der Waals surface area contributed by atoms with E-state index in [1.165, 1.54) is 12.1 Å². The molecule has 1 amide bonds. The van der Waals surface area contributed by atoms with Gasteiger partial charge in [0.15, 0.2) is 0 Å². The molecule has 1 aliphatic heterocycles. The maximum absolute atomic E-state index is 11.9. The van der Waals surface area contributed by atoms with Crippen molar-refractivity contribution in [2.24, 2.45) is 0 Å². The maximum Gasteiger partial charge on any atom is 0.427 e. The Balaban J connectivity index is 1.60. The lowest BCUT2D eigenvalue weighted by Crippen LogP contribution is -2.43. The van der Waals surface area contributed by atoms with Crippen molar-refractivity contribution >= 4 is 16.1 Å². The van der Waals surface area contributed by atoms with Crippen molar-refractivity contribution in [2.75, 3.05) is 6.61 Å². The molecule has 0 aromatic heterocycles. The van der Waals surface area contributed by atoms with E-state index >= 15 is 0 Å². The maximum atomic E-state index is 11.9. The molecule has 0 bridgehead atoms. The van der Waals surface area contributed by atoms with Crippen LogP contribution >= 0.6 is 0 Å². The first-order valence-electron chi connectivity index (χ1n) is 6.85. The quantitative estimate of drug-likeness (QED) is 0.829. The molecule has 1 aliphatic rings. The number of fused-ring (bicyclic) bond motifs is 1. The fourth-order valence-electron chi connectivity index (χ4n) is 2.13. The van der Waals surface area contributed by atoms with Gasteiger partial charge in [-0.2, -0.15) is 0 Å². The van der Waals surface area contributed by atoms with E-state index in [4.69, 9.17) is 9.47 Å². The van der Waals surface area contributed by atoms with E-state index in [9.17, 15) is 13.2 Å². The Hall–Kier alpha value is -2.58. The van der Waals surface area contributed by atoms with Crippen molar-refractivity contribution in [1.29, 1.82) is 0 Å². The first-order chi connectivity index (χ1) is 11.0. The first kappa shape index (κ1) is 15.3. The molecule has 23 heavy (non-hydrogen) atoms. The van der Waals surface area contributed by atoms with Crippen LogP contribution in [0.5, 0.6) is 11.5 Å². The third kappa shape index (κ3) is 3.61. The van der Waals surface area contributed by atoms with Gasteiger partial charge in [0.25, 0.3) is 10.0 Å². The number of carbonyl (C=O) groups is 1. The van der Waals surface area contributed by atoms with Crippen molar-refractivity contribution in [3.63, 3.8) is 0 Å². The van der Waals surface area contributed by atoms with Gasteiger partial charge >= 0.3 is 6.09 Å². The molecule has 0 radical (unpaired) electrons. The molecule has 3 rings (SSSR count). The van der Waals surface area contributed by atoms with E-state index in [0.717, 1.165) is 17.7 Å². The van der Waals surface area contributed by atoms with Crippen molar-refractivity contribution in [3.05, 3.63) is 54.1 Å². The fourth-order valence-corrected chi connectivity index (χ4v) is 2.98. The van der Waals surface area contributed by atoms with E-state index in [1.54, 1.807) is 36.4 Å². The summed E-state index contributed by atoms with van der Waals surface area (Å²) in [6.07, 6.45) is -0.183. The Morgan fingerprint density at radius 1 is 1.13 bits per heavy atom. The molecule has 0 saturated carbocycles. The van der Waals surface area contributed by atoms with Gasteiger partial charge in [-0.05, 0) is 30.3 Å². The van der Waals surface area contributed by atoms with Crippen LogP contribution in [0, 0.1) is 0 Å². The van der Waals surface area contributed by atoms with E-state index in [1.807, 2.05) is 10.3 Å². The lowest BCUT2D eigenvalue weighted by atomic mass is 10.2. The van der Waals surface area contributed by atoms with Crippen LogP contribution in [0.1, 0.15) is 5.56 Å². The molecular weight excluding hydrogens is 320 g/mol. The number of nitrogens with one attached hydrogen (secondary N) is 2. The number of hydrazine groups is 1. The van der Waals surface area contributed by atoms with E-state index in [2.05, 4.69) is 0 Å². The van der Waals surface area contributed by atoms with Gasteiger partial charge in [0, 0.05) is 12.0 Å². The van der Waals surface area contributed by atoms with Gasteiger partial charge in [-0.1, -0.05) is 18.2 Å². The minimum Gasteiger partial charge on any atom is -0.493 e. The van der Waals surface area contributed by atoms with Crippen LogP contribution in [0.15, 0.2) is 53.4 Å². The molecule has 0 spiro atoms. The van der Waals surface area contributed by atoms with Gasteiger partial charge in [0.2, 0.25) is 0 Å². The van der Waals surface area contributed by atoms with Crippen LogP contribution in [-0.2, 0) is 16.4 Å². The first-order valence-corrected chi connectivity index (χ1v) is 8.33. The Morgan fingerprint density at radius 2 is 1.91 bits per heavy atom. The molecule has 0 unspecified atom stereocenters. The van der Waals surface area contributed by atoms with Crippen molar-refractivity contribution in [2.45, 2.75) is 11.3 Å². The van der Waals surface area contributed by atoms with Gasteiger partial charge < -0.3 is 9.47 Å². The number of sulfonamides is 1. The van der Waals surface area contributed by atoms with Crippen LogP contribution in [0.3, 0.4) is 0 Å². The number of ether oxygens (including phenoxy) is 2. The largest absolute Gasteiger partial charge is 0.493 e. The molecule has 2 N–H and O–H groups in total. The summed E-state index contributed by atoms with van der Waals surface area (Å²) in [5.41, 5.74) is 2.95. The summed E-state index contributed by atoms with van der Waals surface area (Å²) in [6.45, 7) is 0.599. The Labute approximate surface area is 133 Å². The zero-order valence-corrected chi connectivity index (χ0v) is 12.8. The minimum absolute atomic E-state index is 0.0370. The molecule has 0 saturated heterocycles. The summed E-state index contributed by atoms with van der Waals surface area (Å²) in [4.78, 5) is 13.7. The average Bonchev–Trinajstić information content (AvgIpc) is 3.02. The van der Waals surface area contributed by atoms with Gasteiger partial charge in [-0.3, -0.25) is 0 Å². The summed E-state index contributed by atoms with van der Waals surface area (Å²) < 4.78 is 34.3. The third-order valence-electron chi connectivity index (χ3n) is 3.21. The molecular formula is C15H14N2O5S. The number of hydrogen-bond donors (Lipinski definition) is 2. The SMILES string of the molecule is O=C(NNS(=O)(=O)c1ccccc1)Oc1ccc2c(c1)CCO2. The Kier molecular flexibility index (Phi) is 4.18. The topological polar surface area (TPSA) is 93.7 Å². The number of amides is 1. The Morgan fingerprint density at radius 3 is 2.70 bits per heavy atom. The molecule has 7 nitrogen and oxygen atoms in total. The standard InChI is InChI=1S/C15H14N2O5S/c18-15(16-17-23(19,20)13-4-2-1-3-5-13)22-12-6-7-14-11(10-12)8-9-21-14/h1-7,10,17H,8-9H2,(H,16,18). The molecule has 120 valence electrons. The lowest BCUT2D eigenvalue weighted by Gasteiger charge is -2.09. The molecule has 2 aromatic carbocycles. The molecule has 2 aromatic rings. The second-order valence-electron chi connectivity index (χ2n) is 4.80. The van der Waals surface area contributed by atoms with Crippen LogP contribution in [0.4, 0.5) is 4.79 Å². The summed E-state index contributed by atoms with van der Waals surface area (Å²) in [5, 5.41) is 0. The average molecular weight is 334 g/mol. The van der Waals surface area contributed by atoms with Crippen LogP contribution < -0.4 is 19.7 Å². The fraction of sp³-hybridized carbons (Fsp3) is 0.133. The van der Waals surface area contributed by atoms with Gasteiger partial charge in [0.05, 0.1) is 11.5 Å². The smallest absolute Gasteiger partial charge is 0.427 e. The van der Waals surface area contributed by atoms with Crippen LogP contribution in [-0.4, -0.2) is 21.1 Å². The van der Waals surface area contributed by atoms with Gasteiger partial charge in [-0.15, -0.1) is 4.83 Å².